The molecule has 0 aliphatic carbocycles. The maximum absolute atomic E-state index is 13.8. The fourth-order valence-corrected chi connectivity index (χ4v) is 5.15. The molecule has 0 spiro atoms. The smallest absolute Gasteiger partial charge is 0.277 e. The SMILES string of the molecule is CC#CCn1c(N2CCCC(N)C2)nc2ccn(Cc3nc4ccccc4c4cccnc34)c(=O)c21. The molecule has 0 amide bonds. The van der Waals surface area contributed by atoms with Gasteiger partial charge in [0.25, 0.3) is 5.56 Å². The number of aromatic nitrogens is 5. The first-order chi connectivity index (χ1) is 17.6. The minimum Gasteiger partial charge on any atom is -0.341 e. The van der Waals surface area contributed by atoms with Crippen LogP contribution in [-0.4, -0.2) is 43.2 Å². The average molecular weight is 478 g/mol. The van der Waals surface area contributed by atoms with E-state index in [1.807, 2.05) is 34.9 Å². The maximum atomic E-state index is 13.8. The number of hydrogen-bond donors (Lipinski definition) is 1. The Labute approximate surface area is 208 Å². The molecule has 1 atom stereocenters. The first-order valence-electron chi connectivity index (χ1n) is 12.3. The number of nitrogens with zero attached hydrogens (tertiary/aromatic N) is 6. The quantitative estimate of drug-likeness (QED) is 0.315. The van der Waals surface area contributed by atoms with Gasteiger partial charge in [0, 0.05) is 42.3 Å². The Morgan fingerprint density at radius 2 is 1.94 bits per heavy atom. The van der Waals surface area contributed by atoms with Gasteiger partial charge in [-0.1, -0.05) is 30.2 Å². The number of benzene rings is 1. The van der Waals surface area contributed by atoms with Crippen LogP contribution in [0.4, 0.5) is 5.95 Å². The number of pyridine rings is 3. The molecule has 1 aromatic carbocycles. The molecule has 5 aromatic rings. The summed E-state index contributed by atoms with van der Waals surface area (Å²) in [6, 6.07) is 14.0. The van der Waals surface area contributed by atoms with Gasteiger partial charge in [-0.2, -0.15) is 0 Å². The van der Waals surface area contributed by atoms with Gasteiger partial charge in [0.1, 0.15) is 5.52 Å². The molecule has 6 rings (SSSR count). The van der Waals surface area contributed by atoms with Crippen LogP contribution < -0.4 is 16.2 Å². The van der Waals surface area contributed by atoms with Gasteiger partial charge in [-0.25, -0.2) is 9.97 Å². The second-order valence-electron chi connectivity index (χ2n) is 9.23. The molecule has 1 fully saturated rings. The number of imidazole rings is 1. The molecule has 1 unspecified atom stereocenters. The highest BCUT2D eigenvalue weighted by atomic mass is 16.1. The third kappa shape index (κ3) is 3.78. The molecule has 4 aromatic heterocycles. The normalized spacial score (nSPS) is 15.9. The van der Waals surface area contributed by atoms with Crippen LogP contribution in [0.2, 0.25) is 0 Å². The van der Waals surface area contributed by atoms with Crippen molar-refractivity contribution in [2.24, 2.45) is 5.73 Å². The largest absolute Gasteiger partial charge is 0.341 e. The van der Waals surface area contributed by atoms with Gasteiger partial charge in [-0.15, -0.1) is 5.92 Å². The molecule has 8 heteroatoms. The Balaban J connectivity index is 1.49. The fraction of sp³-hybridized carbons (Fsp3) is 0.286. The van der Waals surface area contributed by atoms with E-state index in [0.717, 1.165) is 59.4 Å². The Hall–Kier alpha value is -4.22. The third-order valence-electron chi connectivity index (χ3n) is 6.86. The Bertz CT molecular complexity index is 1720. The predicted molar refractivity (Wildman–Crippen MR) is 143 cm³/mol. The molecule has 0 radical (unpaired) electrons. The van der Waals surface area contributed by atoms with Crippen LogP contribution in [0, 0.1) is 11.8 Å². The zero-order chi connectivity index (χ0) is 24.6. The number of rotatable bonds is 4. The van der Waals surface area contributed by atoms with E-state index in [1.165, 1.54) is 0 Å². The lowest BCUT2D eigenvalue weighted by Crippen LogP contribution is -2.44. The average Bonchev–Trinajstić information content (AvgIpc) is 3.28. The second kappa shape index (κ2) is 9.10. The summed E-state index contributed by atoms with van der Waals surface area (Å²) in [4.78, 5) is 30.4. The van der Waals surface area contributed by atoms with Crippen molar-refractivity contribution in [2.75, 3.05) is 18.0 Å². The first-order valence-corrected chi connectivity index (χ1v) is 12.3. The van der Waals surface area contributed by atoms with E-state index in [-0.39, 0.29) is 11.6 Å². The van der Waals surface area contributed by atoms with E-state index in [0.29, 0.717) is 24.1 Å². The standard InChI is InChI=1S/C28H27N7O/c1-2-3-15-35-26-23(32-28(35)34-14-7-8-19(29)17-34)12-16-33(27(26)36)18-24-25-21(10-6-13-30-25)20-9-4-5-11-22(20)31-24/h4-6,9-13,16,19H,7-8,14-15,17-18,29H2,1H3. The highest BCUT2D eigenvalue weighted by molar-refractivity contribution is 6.05. The molecule has 1 aliphatic rings. The van der Waals surface area contributed by atoms with Crippen molar-refractivity contribution in [3.05, 3.63) is 70.9 Å². The summed E-state index contributed by atoms with van der Waals surface area (Å²) in [6.07, 6.45) is 5.56. The molecule has 36 heavy (non-hydrogen) atoms. The van der Waals surface area contributed by atoms with Crippen molar-refractivity contribution in [1.82, 2.24) is 24.1 Å². The summed E-state index contributed by atoms with van der Waals surface area (Å²) in [5, 5.41) is 2.08. The van der Waals surface area contributed by atoms with E-state index < -0.39 is 0 Å². The first kappa shape index (κ1) is 22.3. The Kier molecular flexibility index (Phi) is 5.62. The summed E-state index contributed by atoms with van der Waals surface area (Å²) < 4.78 is 3.63. The van der Waals surface area contributed by atoms with Crippen molar-refractivity contribution in [3.63, 3.8) is 0 Å². The van der Waals surface area contributed by atoms with Gasteiger partial charge in [0.2, 0.25) is 5.95 Å². The number of anilines is 1. The maximum Gasteiger partial charge on any atom is 0.277 e. The fourth-order valence-electron chi connectivity index (χ4n) is 5.15. The molecule has 180 valence electrons. The second-order valence-corrected chi connectivity index (χ2v) is 9.23. The van der Waals surface area contributed by atoms with Gasteiger partial charge in [0.15, 0.2) is 0 Å². The van der Waals surface area contributed by atoms with Gasteiger partial charge in [-0.05, 0) is 38.0 Å². The lowest BCUT2D eigenvalue weighted by atomic mass is 10.1. The molecule has 2 N–H and O–H groups in total. The molecular weight excluding hydrogens is 450 g/mol. The van der Waals surface area contributed by atoms with Crippen LogP contribution in [0.3, 0.4) is 0 Å². The minimum atomic E-state index is -0.121. The minimum absolute atomic E-state index is 0.0979. The van der Waals surface area contributed by atoms with Crippen LogP contribution in [0.25, 0.3) is 32.8 Å². The topological polar surface area (TPSA) is 94.9 Å². The van der Waals surface area contributed by atoms with E-state index >= 15 is 0 Å². The van der Waals surface area contributed by atoms with E-state index in [2.05, 4.69) is 33.9 Å². The van der Waals surface area contributed by atoms with Crippen LogP contribution >= 0.6 is 0 Å². The number of piperidine rings is 1. The number of fused-ring (bicyclic) bond motifs is 4. The molecule has 1 aliphatic heterocycles. The van der Waals surface area contributed by atoms with E-state index in [1.54, 1.807) is 23.9 Å². The van der Waals surface area contributed by atoms with Crippen molar-refractivity contribution in [3.8, 4) is 11.8 Å². The van der Waals surface area contributed by atoms with Crippen molar-refractivity contribution >= 4 is 38.8 Å². The van der Waals surface area contributed by atoms with E-state index in [4.69, 9.17) is 15.7 Å². The summed E-state index contributed by atoms with van der Waals surface area (Å²) >= 11 is 0. The van der Waals surface area contributed by atoms with Crippen molar-refractivity contribution in [2.45, 2.75) is 38.9 Å². The molecular formula is C28H27N7O. The van der Waals surface area contributed by atoms with Crippen LogP contribution in [0.15, 0.2) is 59.7 Å². The van der Waals surface area contributed by atoms with Crippen molar-refractivity contribution < 1.29 is 0 Å². The zero-order valence-electron chi connectivity index (χ0n) is 20.2. The van der Waals surface area contributed by atoms with Gasteiger partial charge in [0.05, 0.1) is 35.3 Å². The van der Waals surface area contributed by atoms with Crippen LogP contribution in [-0.2, 0) is 13.1 Å². The number of para-hydroxylation sites is 1. The highest BCUT2D eigenvalue weighted by Gasteiger charge is 2.24. The summed E-state index contributed by atoms with van der Waals surface area (Å²) in [6.45, 7) is 4.09. The Morgan fingerprint density at radius 3 is 2.81 bits per heavy atom. The lowest BCUT2D eigenvalue weighted by Gasteiger charge is -2.31. The lowest BCUT2D eigenvalue weighted by molar-refractivity contribution is 0.496. The highest BCUT2D eigenvalue weighted by Crippen LogP contribution is 2.26. The van der Waals surface area contributed by atoms with Gasteiger partial charge in [-0.3, -0.25) is 14.3 Å². The molecule has 5 heterocycles. The predicted octanol–water partition coefficient (Wildman–Crippen LogP) is 3.29. The monoisotopic (exact) mass is 477 g/mol. The number of nitrogens with two attached hydrogens (primary N) is 1. The molecule has 8 nitrogen and oxygen atoms in total. The van der Waals surface area contributed by atoms with Gasteiger partial charge >= 0.3 is 0 Å². The van der Waals surface area contributed by atoms with E-state index in [9.17, 15) is 4.79 Å². The van der Waals surface area contributed by atoms with Crippen molar-refractivity contribution in [1.29, 1.82) is 0 Å². The van der Waals surface area contributed by atoms with Crippen LogP contribution in [0.1, 0.15) is 25.5 Å². The molecule has 1 saturated heterocycles. The summed E-state index contributed by atoms with van der Waals surface area (Å²) in [5.41, 5.74) is 9.78. The van der Waals surface area contributed by atoms with Gasteiger partial charge < -0.3 is 15.2 Å². The van der Waals surface area contributed by atoms with Crippen LogP contribution in [0.5, 0.6) is 0 Å². The number of hydrogen-bond acceptors (Lipinski definition) is 6. The molecule has 0 bridgehead atoms. The summed E-state index contributed by atoms with van der Waals surface area (Å²) in [7, 11) is 0. The zero-order valence-corrected chi connectivity index (χ0v) is 20.2. The molecule has 0 saturated carbocycles. The third-order valence-corrected chi connectivity index (χ3v) is 6.86. The summed E-state index contributed by atoms with van der Waals surface area (Å²) in [5.74, 6) is 6.83. The Morgan fingerprint density at radius 1 is 1.08 bits per heavy atom.